The summed E-state index contributed by atoms with van der Waals surface area (Å²) in [6.45, 7) is 0.311. The fourth-order valence-corrected chi connectivity index (χ4v) is 3.92. The van der Waals surface area contributed by atoms with Crippen LogP contribution >= 0.6 is 0 Å². The van der Waals surface area contributed by atoms with Crippen LogP contribution in [0.5, 0.6) is 11.5 Å². The van der Waals surface area contributed by atoms with E-state index in [1.54, 1.807) is 18.2 Å². The molecule has 1 heterocycles. The molecule has 0 saturated carbocycles. The van der Waals surface area contributed by atoms with E-state index in [0.29, 0.717) is 18.8 Å². The van der Waals surface area contributed by atoms with Gasteiger partial charge in [-0.05, 0) is 30.2 Å². The molecule has 2 aromatic rings. The summed E-state index contributed by atoms with van der Waals surface area (Å²) in [7, 11) is -2.21. The predicted octanol–water partition coefficient (Wildman–Crippen LogP) is 1.98. The summed E-state index contributed by atoms with van der Waals surface area (Å²) in [5, 5.41) is 0. The first-order chi connectivity index (χ1) is 10.6. The second-order valence-electron chi connectivity index (χ2n) is 5.09. The highest BCUT2D eigenvalue weighted by Gasteiger charge is 2.27. The van der Waals surface area contributed by atoms with Gasteiger partial charge in [-0.1, -0.05) is 30.3 Å². The molecule has 1 atom stereocenters. The van der Waals surface area contributed by atoms with Gasteiger partial charge in [-0.3, -0.25) is 0 Å². The van der Waals surface area contributed by atoms with E-state index in [0.717, 1.165) is 11.3 Å². The Kier molecular flexibility index (Phi) is 4.04. The van der Waals surface area contributed by atoms with Gasteiger partial charge in [0.05, 0.1) is 13.2 Å². The molecule has 116 valence electrons. The molecule has 0 amide bonds. The minimum Gasteiger partial charge on any atom is -0.495 e. The molecule has 1 aliphatic heterocycles. The molecular weight excluding hydrogens is 302 g/mol. The Labute approximate surface area is 129 Å². The van der Waals surface area contributed by atoms with E-state index in [2.05, 4.69) is 4.72 Å². The van der Waals surface area contributed by atoms with Gasteiger partial charge in [0.1, 0.15) is 23.0 Å². The third kappa shape index (κ3) is 2.93. The molecule has 0 spiro atoms. The van der Waals surface area contributed by atoms with E-state index in [4.69, 9.17) is 9.47 Å². The van der Waals surface area contributed by atoms with Crippen molar-refractivity contribution in [2.75, 3.05) is 13.7 Å². The van der Waals surface area contributed by atoms with Crippen LogP contribution in [0.3, 0.4) is 0 Å². The highest BCUT2D eigenvalue weighted by molar-refractivity contribution is 7.89. The van der Waals surface area contributed by atoms with Crippen molar-refractivity contribution in [1.29, 1.82) is 0 Å². The fraction of sp³-hybridized carbons (Fsp3) is 0.250. The van der Waals surface area contributed by atoms with E-state index in [1.807, 2.05) is 24.3 Å². The van der Waals surface area contributed by atoms with Gasteiger partial charge in [0, 0.05) is 0 Å². The summed E-state index contributed by atoms with van der Waals surface area (Å²) in [5.74, 6) is 1.14. The molecule has 1 N–H and O–H groups in total. The largest absolute Gasteiger partial charge is 0.495 e. The average Bonchev–Trinajstić information content (AvgIpc) is 2.54. The lowest BCUT2D eigenvalue weighted by Crippen LogP contribution is -2.42. The van der Waals surface area contributed by atoms with E-state index >= 15 is 0 Å². The van der Waals surface area contributed by atoms with Gasteiger partial charge < -0.3 is 9.47 Å². The Morgan fingerprint density at radius 3 is 2.68 bits per heavy atom. The summed E-state index contributed by atoms with van der Waals surface area (Å²) in [4.78, 5) is 0.136. The number of benzene rings is 2. The van der Waals surface area contributed by atoms with Crippen molar-refractivity contribution >= 4 is 10.0 Å². The number of rotatable bonds is 4. The molecule has 0 fully saturated rings. The van der Waals surface area contributed by atoms with Crippen molar-refractivity contribution in [2.45, 2.75) is 17.4 Å². The first kappa shape index (κ1) is 14.9. The Morgan fingerprint density at radius 2 is 1.86 bits per heavy atom. The van der Waals surface area contributed by atoms with Crippen LogP contribution in [-0.4, -0.2) is 28.2 Å². The van der Waals surface area contributed by atoms with Crippen LogP contribution in [0.25, 0.3) is 0 Å². The van der Waals surface area contributed by atoms with Gasteiger partial charge in [0.25, 0.3) is 0 Å². The van der Waals surface area contributed by atoms with Crippen molar-refractivity contribution in [2.24, 2.45) is 0 Å². The van der Waals surface area contributed by atoms with Crippen molar-refractivity contribution in [3.63, 3.8) is 0 Å². The van der Waals surface area contributed by atoms with Crippen LogP contribution in [-0.2, 0) is 16.4 Å². The Morgan fingerprint density at radius 1 is 1.14 bits per heavy atom. The maximum atomic E-state index is 12.5. The quantitative estimate of drug-likeness (QED) is 0.936. The van der Waals surface area contributed by atoms with Crippen LogP contribution in [0.2, 0.25) is 0 Å². The van der Waals surface area contributed by atoms with Crippen LogP contribution in [0, 0.1) is 0 Å². The van der Waals surface area contributed by atoms with Gasteiger partial charge in [-0.25, -0.2) is 13.1 Å². The monoisotopic (exact) mass is 319 g/mol. The number of nitrogens with one attached hydrogen (secondary N) is 1. The number of para-hydroxylation sites is 2. The second kappa shape index (κ2) is 5.98. The zero-order chi connectivity index (χ0) is 15.6. The molecule has 0 unspecified atom stereocenters. The summed E-state index contributed by atoms with van der Waals surface area (Å²) in [5.41, 5.74) is 1.00. The molecule has 6 heteroatoms. The molecule has 0 aliphatic carbocycles. The second-order valence-corrected chi connectivity index (χ2v) is 6.77. The molecule has 0 bridgehead atoms. The maximum Gasteiger partial charge on any atom is 0.244 e. The normalized spacial score (nSPS) is 17.4. The first-order valence-corrected chi connectivity index (χ1v) is 8.44. The number of ether oxygens (including phenoxy) is 2. The van der Waals surface area contributed by atoms with E-state index < -0.39 is 10.0 Å². The highest BCUT2D eigenvalue weighted by atomic mass is 32.2. The van der Waals surface area contributed by atoms with Crippen LogP contribution in [0.4, 0.5) is 0 Å². The van der Waals surface area contributed by atoms with Crippen molar-refractivity contribution in [3.8, 4) is 11.5 Å². The molecule has 0 aromatic heterocycles. The molecule has 1 aliphatic rings. The SMILES string of the molecule is COc1ccccc1S(=O)(=O)N[C@@H]1COc2ccccc2C1. The first-order valence-electron chi connectivity index (χ1n) is 6.96. The lowest BCUT2D eigenvalue weighted by atomic mass is 10.0. The van der Waals surface area contributed by atoms with Crippen LogP contribution in [0.15, 0.2) is 53.4 Å². The number of hydrogen-bond acceptors (Lipinski definition) is 4. The van der Waals surface area contributed by atoms with Gasteiger partial charge in [0.2, 0.25) is 10.0 Å². The Balaban J connectivity index is 1.81. The summed E-state index contributed by atoms with van der Waals surface area (Å²) in [6, 6.07) is 13.9. The minimum atomic E-state index is -3.66. The highest BCUT2D eigenvalue weighted by Crippen LogP contribution is 2.26. The van der Waals surface area contributed by atoms with Crippen molar-refractivity contribution in [1.82, 2.24) is 4.72 Å². The number of methoxy groups -OCH3 is 1. The molecule has 5 nitrogen and oxygen atoms in total. The molecular formula is C16H17NO4S. The third-order valence-electron chi connectivity index (χ3n) is 3.56. The summed E-state index contributed by atoms with van der Waals surface area (Å²) < 4.78 is 38.5. The number of fused-ring (bicyclic) bond motifs is 1. The van der Waals surface area contributed by atoms with Crippen molar-refractivity contribution < 1.29 is 17.9 Å². The summed E-state index contributed by atoms with van der Waals surface area (Å²) >= 11 is 0. The molecule has 3 rings (SSSR count). The fourth-order valence-electron chi connectivity index (χ4n) is 2.53. The zero-order valence-electron chi connectivity index (χ0n) is 12.2. The number of sulfonamides is 1. The number of hydrogen-bond donors (Lipinski definition) is 1. The van der Waals surface area contributed by atoms with Crippen molar-refractivity contribution in [3.05, 3.63) is 54.1 Å². The standard InChI is InChI=1S/C16H17NO4S/c1-20-15-8-4-5-9-16(15)22(18,19)17-13-10-12-6-2-3-7-14(12)21-11-13/h2-9,13,17H,10-11H2,1H3/t13-/m0/s1. The third-order valence-corrected chi connectivity index (χ3v) is 5.12. The molecule has 0 radical (unpaired) electrons. The Bertz CT molecular complexity index is 773. The smallest absolute Gasteiger partial charge is 0.244 e. The Hall–Kier alpha value is -2.05. The van der Waals surface area contributed by atoms with Gasteiger partial charge in [0.15, 0.2) is 0 Å². The van der Waals surface area contributed by atoms with Crippen LogP contribution < -0.4 is 14.2 Å². The lowest BCUT2D eigenvalue weighted by Gasteiger charge is -2.26. The van der Waals surface area contributed by atoms with Gasteiger partial charge in [-0.2, -0.15) is 0 Å². The molecule has 2 aromatic carbocycles. The average molecular weight is 319 g/mol. The minimum absolute atomic E-state index is 0.136. The maximum absolute atomic E-state index is 12.5. The van der Waals surface area contributed by atoms with Gasteiger partial charge in [-0.15, -0.1) is 0 Å². The topological polar surface area (TPSA) is 64.6 Å². The zero-order valence-corrected chi connectivity index (χ0v) is 13.0. The van der Waals surface area contributed by atoms with Gasteiger partial charge >= 0.3 is 0 Å². The van der Waals surface area contributed by atoms with E-state index in [9.17, 15) is 8.42 Å². The molecule has 22 heavy (non-hydrogen) atoms. The molecule has 0 saturated heterocycles. The lowest BCUT2D eigenvalue weighted by molar-refractivity contribution is 0.254. The predicted molar refractivity (Wildman–Crippen MR) is 82.7 cm³/mol. The van der Waals surface area contributed by atoms with E-state index in [-0.39, 0.29) is 10.9 Å². The summed E-state index contributed by atoms with van der Waals surface area (Å²) in [6.07, 6.45) is 0.602. The van der Waals surface area contributed by atoms with E-state index in [1.165, 1.54) is 13.2 Å². The van der Waals surface area contributed by atoms with Crippen LogP contribution in [0.1, 0.15) is 5.56 Å².